The summed E-state index contributed by atoms with van der Waals surface area (Å²) in [6.45, 7) is 0.881. The van der Waals surface area contributed by atoms with Crippen LogP contribution in [0.25, 0.3) is 0 Å². The number of nitrogens with zero attached hydrogens (tertiary/aromatic N) is 3. The molecule has 0 radical (unpaired) electrons. The fourth-order valence-corrected chi connectivity index (χ4v) is 1.89. The van der Waals surface area contributed by atoms with Crippen LogP contribution >= 0.6 is 0 Å². The number of aromatic carboxylic acids is 1. The molecule has 0 bridgehead atoms. The van der Waals surface area contributed by atoms with Crippen LogP contribution in [0.5, 0.6) is 0 Å². The molecule has 0 aliphatic carbocycles. The Labute approximate surface area is 121 Å². The zero-order valence-electron chi connectivity index (χ0n) is 11.5. The standard InChI is InChI=1S/C13H15N3O5/c1-21-9-8-15(7-3-6-14)11-5-2-4-10(13(17)18)12(11)16(19)20/h2,4-5H,3,7-9H2,1H3,(H,17,18). The fourth-order valence-electron chi connectivity index (χ4n) is 1.89. The van der Waals surface area contributed by atoms with Gasteiger partial charge < -0.3 is 14.7 Å². The van der Waals surface area contributed by atoms with Gasteiger partial charge in [-0.1, -0.05) is 6.07 Å². The number of nitro groups is 1. The summed E-state index contributed by atoms with van der Waals surface area (Å²) < 4.78 is 4.94. The number of anilines is 1. The second kappa shape index (κ2) is 7.81. The van der Waals surface area contributed by atoms with Crippen molar-refractivity contribution in [3.8, 4) is 6.07 Å². The highest BCUT2D eigenvalue weighted by Crippen LogP contribution is 2.32. The summed E-state index contributed by atoms with van der Waals surface area (Å²) in [5.74, 6) is -1.37. The van der Waals surface area contributed by atoms with Gasteiger partial charge in [0.2, 0.25) is 0 Å². The van der Waals surface area contributed by atoms with Gasteiger partial charge in [-0.05, 0) is 12.1 Å². The lowest BCUT2D eigenvalue weighted by atomic mass is 10.1. The van der Waals surface area contributed by atoms with Crippen LogP contribution in [0.2, 0.25) is 0 Å². The van der Waals surface area contributed by atoms with E-state index < -0.39 is 16.6 Å². The Morgan fingerprint density at radius 3 is 2.76 bits per heavy atom. The predicted octanol–water partition coefficient (Wildman–Crippen LogP) is 1.66. The first kappa shape index (κ1) is 16.4. The van der Waals surface area contributed by atoms with Crippen molar-refractivity contribution < 1.29 is 19.6 Å². The summed E-state index contributed by atoms with van der Waals surface area (Å²) in [4.78, 5) is 23.2. The van der Waals surface area contributed by atoms with Crippen LogP contribution < -0.4 is 4.90 Å². The third kappa shape index (κ3) is 4.15. The third-order valence-corrected chi connectivity index (χ3v) is 2.83. The molecule has 1 aromatic carbocycles. The van der Waals surface area contributed by atoms with Crippen molar-refractivity contribution in [2.75, 3.05) is 31.7 Å². The van der Waals surface area contributed by atoms with Crippen LogP contribution in [-0.4, -0.2) is 42.8 Å². The van der Waals surface area contributed by atoms with Crippen molar-refractivity contribution in [2.24, 2.45) is 0 Å². The molecule has 1 N–H and O–H groups in total. The Balaban J connectivity index is 3.28. The smallest absolute Gasteiger partial charge is 0.342 e. The van der Waals surface area contributed by atoms with E-state index >= 15 is 0 Å². The van der Waals surface area contributed by atoms with Crippen molar-refractivity contribution >= 4 is 17.3 Å². The van der Waals surface area contributed by atoms with E-state index in [1.54, 1.807) is 4.90 Å². The zero-order valence-corrected chi connectivity index (χ0v) is 11.5. The number of ether oxygens (including phenoxy) is 1. The van der Waals surface area contributed by atoms with Crippen LogP contribution in [0.3, 0.4) is 0 Å². The first-order valence-electron chi connectivity index (χ1n) is 6.14. The van der Waals surface area contributed by atoms with E-state index in [9.17, 15) is 14.9 Å². The fraction of sp³-hybridized carbons (Fsp3) is 0.385. The molecule has 0 fully saturated rings. The molecule has 0 spiro atoms. The number of nitriles is 1. The molecule has 0 saturated carbocycles. The number of hydrogen-bond donors (Lipinski definition) is 1. The molecule has 8 nitrogen and oxygen atoms in total. The van der Waals surface area contributed by atoms with Gasteiger partial charge in [-0.3, -0.25) is 10.1 Å². The SMILES string of the molecule is COCCN(CCC#N)c1cccc(C(=O)O)c1[N+](=O)[O-]. The zero-order chi connectivity index (χ0) is 15.8. The summed E-state index contributed by atoms with van der Waals surface area (Å²) in [5, 5.41) is 29.0. The summed E-state index contributed by atoms with van der Waals surface area (Å²) in [7, 11) is 1.49. The molecule has 8 heteroatoms. The van der Waals surface area contributed by atoms with E-state index in [1.165, 1.54) is 25.3 Å². The van der Waals surface area contributed by atoms with Gasteiger partial charge in [0.25, 0.3) is 0 Å². The normalized spacial score (nSPS) is 9.90. The monoisotopic (exact) mass is 293 g/mol. The molecular formula is C13H15N3O5. The lowest BCUT2D eigenvalue weighted by Crippen LogP contribution is -2.29. The molecule has 0 saturated heterocycles. The molecule has 0 aromatic heterocycles. The van der Waals surface area contributed by atoms with Gasteiger partial charge >= 0.3 is 11.7 Å². The molecule has 0 aliphatic heterocycles. The van der Waals surface area contributed by atoms with E-state index in [4.69, 9.17) is 15.1 Å². The Bertz CT molecular complexity index is 567. The highest BCUT2D eigenvalue weighted by Gasteiger charge is 2.27. The maximum absolute atomic E-state index is 11.2. The third-order valence-electron chi connectivity index (χ3n) is 2.83. The van der Waals surface area contributed by atoms with E-state index in [0.717, 1.165) is 0 Å². The number of nitro benzene ring substituents is 1. The van der Waals surface area contributed by atoms with Crippen LogP contribution in [0, 0.1) is 21.4 Å². The minimum absolute atomic E-state index is 0.165. The summed E-state index contributed by atoms with van der Waals surface area (Å²) in [5.41, 5.74) is -0.678. The minimum atomic E-state index is -1.37. The van der Waals surface area contributed by atoms with Crippen molar-refractivity contribution in [3.63, 3.8) is 0 Å². The van der Waals surface area contributed by atoms with Crippen molar-refractivity contribution in [1.29, 1.82) is 5.26 Å². The van der Waals surface area contributed by atoms with Gasteiger partial charge in [-0.25, -0.2) is 4.79 Å². The van der Waals surface area contributed by atoms with E-state index in [-0.39, 0.29) is 24.2 Å². The molecule has 112 valence electrons. The number of rotatable bonds is 8. The second-order valence-electron chi connectivity index (χ2n) is 4.12. The lowest BCUT2D eigenvalue weighted by Gasteiger charge is -2.23. The van der Waals surface area contributed by atoms with Crippen molar-refractivity contribution in [2.45, 2.75) is 6.42 Å². The molecule has 0 heterocycles. The van der Waals surface area contributed by atoms with Crippen molar-refractivity contribution in [3.05, 3.63) is 33.9 Å². The molecule has 1 aromatic rings. The molecule has 1 rings (SSSR count). The number of benzene rings is 1. The largest absolute Gasteiger partial charge is 0.477 e. The molecule has 0 atom stereocenters. The summed E-state index contributed by atoms with van der Waals surface area (Å²) >= 11 is 0. The summed E-state index contributed by atoms with van der Waals surface area (Å²) in [6.07, 6.45) is 0.165. The van der Waals surface area contributed by atoms with Gasteiger partial charge in [0.15, 0.2) is 0 Å². The molecule has 21 heavy (non-hydrogen) atoms. The number of carbonyl (C=O) groups is 1. The quantitative estimate of drug-likeness (QED) is 0.572. The van der Waals surface area contributed by atoms with E-state index in [0.29, 0.717) is 13.2 Å². The van der Waals surface area contributed by atoms with Crippen LogP contribution in [-0.2, 0) is 4.74 Å². The molecule has 0 unspecified atom stereocenters. The predicted molar refractivity (Wildman–Crippen MR) is 74.4 cm³/mol. The van der Waals surface area contributed by atoms with Gasteiger partial charge in [0.05, 0.1) is 24.0 Å². The topological polar surface area (TPSA) is 117 Å². The first-order valence-corrected chi connectivity index (χ1v) is 6.14. The van der Waals surface area contributed by atoms with Gasteiger partial charge in [-0.15, -0.1) is 0 Å². The first-order chi connectivity index (χ1) is 10.0. The Kier molecular flexibility index (Phi) is 6.10. The maximum atomic E-state index is 11.2. The van der Waals surface area contributed by atoms with Gasteiger partial charge in [0.1, 0.15) is 11.3 Å². The lowest BCUT2D eigenvalue weighted by molar-refractivity contribution is -0.384. The van der Waals surface area contributed by atoms with E-state index in [1.807, 2.05) is 6.07 Å². The highest BCUT2D eigenvalue weighted by atomic mass is 16.6. The number of carboxylic acids is 1. The number of hydrogen-bond acceptors (Lipinski definition) is 6. The van der Waals surface area contributed by atoms with Crippen molar-refractivity contribution in [1.82, 2.24) is 0 Å². The van der Waals surface area contributed by atoms with E-state index in [2.05, 4.69) is 0 Å². The number of carboxylic acid groups (broad SMARTS) is 1. The Hall–Kier alpha value is -2.66. The van der Waals surface area contributed by atoms with Crippen LogP contribution in [0.4, 0.5) is 11.4 Å². The van der Waals surface area contributed by atoms with Gasteiger partial charge in [0, 0.05) is 20.2 Å². The van der Waals surface area contributed by atoms with Gasteiger partial charge in [-0.2, -0.15) is 5.26 Å². The number of methoxy groups -OCH3 is 1. The average Bonchev–Trinajstić information content (AvgIpc) is 2.46. The van der Waals surface area contributed by atoms with Crippen LogP contribution in [0.15, 0.2) is 18.2 Å². The highest BCUT2D eigenvalue weighted by molar-refractivity contribution is 5.95. The molecule has 0 amide bonds. The number of para-hydroxylation sites is 1. The summed E-state index contributed by atoms with van der Waals surface area (Å²) in [6, 6.07) is 6.06. The average molecular weight is 293 g/mol. The Morgan fingerprint density at radius 2 is 2.24 bits per heavy atom. The Morgan fingerprint density at radius 1 is 1.52 bits per heavy atom. The minimum Gasteiger partial charge on any atom is -0.477 e. The second-order valence-corrected chi connectivity index (χ2v) is 4.12. The molecule has 0 aliphatic rings. The van der Waals surface area contributed by atoms with Crippen LogP contribution in [0.1, 0.15) is 16.8 Å². The molecular weight excluding hydrogens is 278 g/mol. The maximum Gasteiger partial charge on any atom is 0.342 e.